The van der Waals surface area contributed by atoms with Crippen LogP contribution in [0.5, 0.6) is 0 Å². The van der Waals surface area contributed by atoms with Gasteiger partial charge in [0.1, 0.15) is 0 Å². The average molecular weight is 282 g/mol. The van der Waals surface area contributed by atoms with Crippen molar-refractivity contribution in [3.63, 3.8) is 0 Å². The summed E-state index contributed by atoms with van der Waals surface area (Å²) in [5, 5.41) is 11.7. The van der Waals surface area contributed by atoms with Gasteiger partial charge in [-0.15, -0.1) is 0 Å². The van der Waals surface area contributed by atoms with E-state index in [9.17, 15) is 8.78 Å². The van der Waals surface area contributed by atoms with Crippen LogP contribution in [0.3, 0.4) is 0 Å². The van der Waals surface area contributed by atoms with Crippen molar-refractivity contribution in [3.05, 3.63) is 17.7 Å². The van der Waals surface area contributed by atoms with E-state index in [0.717, 1.165) is 12.5 Å². The topological polar surface area (TPSA) is 61.2 Å². The van der Waals surface area contributed by atoms with Gasteiger partial charge in [0.05, 0.1) is 19.2 Å². The van der Waals surface area contributed by atoms with Crippen LogP contribution in [0.25, 0.3) is 0 Å². The van der Waals surface area contributed by atoms with Crippen LogP contribution in [-0.2, 0) is 4.74 Å². The van der Waals surface area contributed by atoms with Gasteiger partial charge in [0.25, 0.3) is 0 Å². The molecule has 1 saturated heterocycles. The Labute approximate surface area is 116 Å². The minimum atomic E-state index is -0.733. The molecule has 0 bridgehead atoms. The molecular formula is C13H16F2N4O. The van der Waals surface area contributed by atoms with Gasteiger partial charge in [-0.1, -0.05) is 6.92 Å². The molecule has 0 radical (unpaired) electrons. The van der Waals surface area contributed by atoms with Gasteiger partial charge in [-0.05, 0) is 6.42 Å². The third-order valence-corrected chi connectivity index (χ3v) is 2.96. The highest BCUT2D eigenvalue weighted by atomic mass is 19.1. The zero-order valence-electron chi connectivity index (χ0n) is 11.2. The molecule has 1 aromatic heterocycles. The number of pyridine rings is 1. The number of ether oxygens (including phenoxy) is 1. The molecule has 1 aromatic rings. The molecule has 1 unspecified atom stereocenters. The number of hydrogen-bond donors (Lipinski definition) is 1. The van der Waals surface area contributed by atoms with E-state index in [4.69, 9.17) is 10.00 Å². The van der Waals surface area contributed by atoms with Crippen LogP contribution in [0, 0.1) is 23.0 Å². The first-order valence-corrected chi connectivity index (χ1v) is 6.51. The second-order valence-corrected chi connectivity index (χ2v) is 4.49. The van der Waals surface area contributed by atoms with Gasteiger partial charge in [-0.3, -0.25) is 0 Å². The number of anilines is 2. The molecule has 0 spiro atoms. The van der Waals surface area contributed by atoms with E-state index in [0.29, 0.717) is 19.7 Å². The number of morpholine rings is 1. The first kappa shape index (κ1) is 14.5. The molecule has 1 aliphatic heterocycles. The summed E-state index contributed by atoms with van der Waals surface area (Å²) in [6.07, 6.45) is 0.184. The van der Waals surface area contributed by atoms with Crippen molar-refractivity contribution in [1.82, 2.24) is 4.98 Å². The van der Waals surface area contributed by atoms with Crippen molar-refractivity contribution in [2.45, 2.75) is 19.4 Å². The second-order valence-electron chi connectivity index (χ2n) is 4.49. The zero-order chi connectivity index (χ0) is 14.5. The van der Waals surface area contributed by atoms with Crippen molar-refractivity contribution in [2.75, 3.05) is 36.5 Å². The Bertz CT molecular complexity index is 518. The van der Waals surface area contributed by atoms with E-state index >= 15 is 0 Å². The lowest BCUT2D eigenvalue weighted by Crippen LogP contribution is -2.42. The summed E-state index contributed by atoms with van der Waals surface area (Å²) in [7, 11) is 0. The maximum absolute atomic E-state index is 13.9. The van der Waals surface area contributed by atoms with E-state index in [1.807, 2.05) is 13.0 Å². The molecule has 108 valence electrons. The molecular weight excluding hydrogens is 266 g/mol. The molecule has 1 atom stereocenters. The molecule has 1 fully saturated rings. The summed E-state index contributed by atoms with van der Waals surface area (Å²) in [5.41, 5.74) is 0. The maximum Gasteiger partial charge on any atom is 0.168 e. The van der Waals surface area contributed by atoms with Crippen LogP contribution in [0.2, 0.25) is 0 Å². The summed E-state index contributed by atoms with van der Waals surface area (Å²) in [6, 6.07) is 2.80. The Hall–Kier alpha value is -1.94. The number of nitrogens with one attached hydrogen (secondary N) is 1. The highest BCUT2D eigenvalue weighted by Crippen LogP contribution is 2.24. The molecule has 0 amide bonds. The number of halogens is 2. The SMILES string of the molecule is CCCNc1nc(N2CCOC(C#N)C2)c(F)cc1F. The molecule has 5 nitrogen and oxygen atoms in total. The molecule has 0 aliphatic carbocycles. The van der Waals surface area contributed by atoms with Crippen molar-refractivity contribution in [1.29, 1.82) is 5.26 Å². The first-order chi connectivity index (χ1) is 9.65. The Morgan fingerprint density at radius 1 is 1.55 bits per heavy atom. The van der Waals surface area contributed by atoms with E-state index in [-0.39, 0.29) is 18.2 Å². The Morgan fingerprint density at radius 3 is 3.05 bits per heavy atom. The minimum Gasteiger partial charge on any atom is -0.368 e. The largest absolute Gasteiger partial charge is 0.368 e. The highest BCUT2D eigenvalue weighted by molar-refractivity contribution is 5.49. The summed E-state index contributed by atoms with van der Waals surface area (Å²) < 4.78 is 32.7. The highest BCUT2D eigenvalue weighted by Gasteiger charge is 2.24. The van der Waals surface area contributed by atoms with Crippen LogP contribution in [0.1, 0.15) is 13.3 Å². The number of hydrogen-bond acceptors (Lipinski definition) is 5. The van der Waals surface area contributed by atoms with E-state index < -0.39 is 17.7 Å². The van der Waals surface area contributed by atoms with Crippen LogP contribution in [0.4, 0.5) is 20.4 Å². The normalized spacial score (nSPS) is 18.7. The lowest BCUT2D eigenvalue weighted by molar-refractivity contribution is 0.0758. The Kier molecular flexibility index (Phi) is 4.69. The monoisotopic (exact) mass is 282 g/mol. The van der Waals surface area contributed by atoms with E-state index in [2.05, 4.69) is 10.3 Å². The Balaban J connectivity index is 2.24. The van der Waals surface area contributed by atoms with Crippen LogP contribution in [0.15, 0.2) is 6.07 Å². The smallest absolute Gasteiger partial charge is 0.168 e. The Morgan fingerprint density at radius 2 is 2.35 bits per heavy atom. The zero-order valence-corrected chi connectivity index (χ0v) is 11.2. The molecule has 20 heavy (non-hydrogen) atoms. The fourth-order valence-electron chi connectivity index (χ4n) is 1.97. The van der Waals surface area contributed by atoms with Gasteiger partial charge >= 0.3 is 0 Å². The summed E-state index contributed by atoms with van der Waals surface area (Å²) in [5.74, 6) is -1.37. The fraction of sp³-hybridized carbons (Fsp3) is 0.538. The van der Waals surface area contributed by atoms with Gasteiger partial charge in [0.15, 0.2) is 29.4 Å². The van der Waals surface area contributed by atoms with Gasteiger partial charge in [0.2, 0.25) is 0 Å². The standard InChI is InChI=1S/C13H16F2N4O/c1-2-3-17-12-10(14)6-11(15)13(18-12)19-4-5-20-9(7-16)8-19/h6,9H,2-5,8H2,1H3,(H,17,18). The van der Waals surface area contributed by atoms with Crippen LogP contribution in [-0.4, -0.2) is 37.3 Å². The van der Waals surface area contributed by atoms with Gasteiger partial charge in [-0.25, -0.2) is 13.8 Å². The van der Waals surface area contributed by atoms with Crippen molar-refractivity contribution in [3.8, 4) is 6.07 Å². The summed E-state index contributed by atoms with van der Waals surface area (Å²) >= 11 is 0. The number of nitriles is 1. The number of rotatable bonds is 4. The predicted molar refractivity (Wildman–Crippen MR) is 70.5 cm³/mol. The molecule has 2 heterocycles. The minimum absolute atomic E-state index is 0.0308. The maximum atomic E-state index is 13.9. The molecule has 0 aromatic carbocycles. The third-order valence-electron chi connectivity index (χ3n) is 2.96. The van der Waals surface area contributed by atoms with Gasteiger partial charge in [0, 0.05) is 19.2 Å². The van der Waals surface area contributed by atoms with E-state index in [1.54, 1.807) is 4.90 Å². The number of nitrogens with zero attached hydrogens (tertiary/aromatic N) is 3. The molecule has 2 rings (SSSR count). The van der Waals surface area contributed by atoms with E-state index in [1.165, 1.54) is 0 Å². The molecule has 0 saturated carbocycles. The van der Waals surface area contributed by atoms with Gasteiger partial charge < -0.3 is 15.0 Å². The van der Waals surface area contributed by atoms with Crippen molar-refractivity contribution >= 4 is 11.6 Å². The van der Waals surface area contributed by atoms with Crippen molar-refractivity contribution in [2.24, 2.45) is 0 Å². The quantitative estimate of drug-likeness (QED) is 0.914. The first-order valence-electron chi connectivity index (χ1n) is 6.51. The lowest BCUT2D eigenvalue weighted by Gasteiger charge is -2.31. The van der Waals surface area contributed by atoms with Crippen LogP contribution < -0.4 is 10.2 Å². The predicted octanol–water partition coefficient (Wildman–Crippen LogP) is 1.91. The van der Waals surface area contributed by atoms with Gasteiger partial charge in [-0.2, -0.15) is 5.26 Å². The fourth-order valence-corrected chi connectivity index (χ4v) is 1.97. The summed E-state index contributed by atoms with van der Waals surface area (Å²) in [6.45, 7) is 3.45. The third kappa shape index (κ3) is 3.14. The lowest BCUT2D eigenvalue weighted by atomic mass is 10.2. The number of aromatic nitrogens is 1. The average Bonchev–Trinajstić information content (AvgIpc) is 2.46. The van der Waals surface area contributed by atoms with Crippen LogP contribution >= 0.6 is 0 Å². The van der Waals surface area contributed by atoms with Crippen molar-refractivity contribution < 1.29 is 13.5 Å². The second kappa shape index (κ2) is 6.48. The molecule has 1 aliphatic rings. The molecule has 7 heteroatoms. The summed E-state index contributed by atoms with van der Waals surface area (Å²) in [4.78, 5) is 5.60. The molecule has 1 N–H and O–H groups in total.